The summed E-state index contributed by atoms with van der Waals surface area (Å²) in [7, 11) is 0. The summed E-state index contributed by atoms with van der Waals surface area (Å²) < 4.78 is 6.56. The Kier molecular flexibility index (Phi) is 5.84. The molecule has 0 saturated heterocycles. The Hall–Kier alpha value is -1.58. The lowest BCUT2D eigenvalue weighted by Crippen LogP contribution is -2.12. The summed E-state index contributed by atoms with van der Waals surface area (Å²) in [6, 6.07) is 16.5. The molecule has 0 spiro atoms. The van der Waals surface area contributed by atoms with E-state index in [1.165, 1.54) is 11.1 Å². The first-order valence-electron chi connectivity index (χ1n) is 6.56. The lowest BCUT2D eigenvalue weighted by atomic mass is 10.2. The van der Waals surface area contributed by atoms with E-state index in [0.29, 0.717) is 6.61 Å². The Bertz CT molecular complexity index is 534. The van der Waals surface area contributed by atoms with Crippen LogP contribution in [0.4, 0.5) is 0 Å². The van der Waals surface area contributed by atoms with Crippen molar-refractivity contribution in [2.24, 2.45) is 0 Å². The zero-order valence-electron chi connectivity index (χ0n) is 11.3. The average Bonchev–Trinajstić information content (AvgIpc) is 2.48. The monoisotopic (exact) mass is 331 g/mol. The van der Waals surface area contributed by atoms with E-state index in [4.69, 9.17) is 4.74 Å². The van der Waals surface area contributed by atoms with Gasteiger partial charge in [0.05, 0.1) is 0 Å². The maximum absolute atomic E-state index is 5.45. The van der Waals surface area contributed by atoms with Gasteiger partial charge in [0.1, 0.15) is 12.4 Å². The van der Waals surface area contributed by atoms with Crippen LogP contribution in [0.25, 0.3) is 0 Å². The van der Waals surface area contributed by atoms with E-state index in [0.717, 1.165) is 23.3 Å². The van der Waals surface area contributed by atoms with Gasteiger partial charge in [-0.25, -0.2) is 0 Å². The standard InChI is InChI=1S/C17H18BrNO/c1-2-11-20-17-9-5-15(6-10-17)13-19-12-14-3-7-16(18)8-4-14/h2-10,19H,1,11-13H2. The predicted molar refractivity (Wildman–Crippen MR) is 86.8 cm³/mol. The van der Waals surface area contributed by atoms with Crippen LogP contribution >= 0.6 is 15.9 Å². The molecule has 3 heteroatoms. The molecule has 2 nitrogen and oxygen atoms in total. The number of hydrogen-bond acceptors (Lipinski definition) is 2. The number of nitrogens with one attached hydrogen (secondary N) is 1. The fraction of sp³-hybridized carbons (Fsp3) is 0.176. The van der Waals surface area contributed by atoms with Crippen molar-refractivity contribution in [1.82, 2.24) is 5.32 Å². The Morgan fingerprint density at radius 1 is 0.950 bits per heavy atom. The highest BCUT2D eigenvalue weighted by Crippen LogP contribution is 2.13. The van der Waals surface area contributed by atoms with Crippen molar-refractivity contribution in [1.29, 1.82) is 0 Å². The molecule has 0 aliphatic rings. The van der Waals surface area contributed by atoms with Crippen molar-refractivity contribution >= 4 is 15.9 Å². The van der Waals surface area contributed by atoms with Crippen LogP contribution in [-0.2, 0) is 13.1 Å². The minimum atomic E-state index is 0.543. The Morgan fingerprint density at radius 3 is 2.05 bits per heavy atom. The third kappa shape index (κ3) is 4.83. The summed E-state index contributed by atoms with van der Waals surface area (Å²) in [5.41, 5.74) is 2.52. The summed E-state index contributed by atoms with van der Waals surface area (Å²) >= 11 is 3.44. The normalized spacial score (nSPS) is 10.2. The molecule has 0 amide bonds. The third-order valence-corrected chi connectivity index (χ3v) is 3.39. The minimum Gasteiger partial charge on any atom is -0.490 e. The number of hydrogen-bond donors (Lipinski definition) is 1. The van der Waals surface area contributed by atoms with Crippen molar-refractivity contribution in [3.63, 3.8) is 0 Å². The van der Waals surface area contributed by atoms with E-state index in [9.17, 15) is 0 Å². The molecule has 0 radical (unpaired) electrons. The highest BCUT2D eigenvalue weighted by atomic mass is 79.9. The zero-order chi connectivity index (χ0) is 14.2. The fourth-order valence-electron chi connectivity index (χ4n) is 1.81. The summed E-state index contributed by atoms with van der Waals surface area (Å²) in [6.07, 6.45) is 1.74. The molecular weight excluding hydrogens is 314 g/mol. The highest BCUT2D eigenvalue weighted by molar-refractivity contribution is 9.10. The van der Waals surface area contributed by atoms with Crippen molar-refractivity contribution < 1.29 is 4.74 Å². The highest BCUT2D eigenvalue weighted by Gasteiger charge is 1.96. The molecule has 0 heterocycles. The van der Waals surface area contributed by atoms with Crippen molar-refractivity contribution in [2.45, 2.75) is 13.1 Å². The maximum Gasteiger partial charge on any atom is 0.119 e. The van der Waals surface area contributed by atoms with Crippen LogP contribution in [-0.4, -0.2) is 6.61 Å². The molecule has 104 valence electrons. The maximum atomic E-state index is 5.45. The van der Waals surface area contributed by atoms with Gasteiger partial charge in [0.25, 0.3) is 0 Å². The summed E-state index contributed by atoms with van der Waals surface area (Å²) in [5.74, 6) is 0.876. The zero-order valence-corrected chi connectivity index (χ0v) is 12.9. The van der Waals surface area contributed by atoms with Crippen molar-refractivity contribution in [2.75, 3.05) is 6.61 Å². The molecule has 2 aromatic carbocycles. The van der Waals surface area contributed by atoms with Crippen LogP contribution < -0.4 is 10.1 Å². The SMILES string of the molecule is C=CCOc1ccc(CNCc2ccc(Br)cc2)cc1. The van der Waals surface area contributed by atoms with Crippen LogP contribution in [0.15, 0.2) is 65.7 Å². The van der Waals surface area contributed by atoms with Crippen LogP contribution in [0.3, 0.4) is 0 Å². The molecule has 20 heavy (non-hydrogen) atoms. The van der Waals surface area contributed by atoms with Crippen LogP contribution in [0.2, 0.25) is 0 Å². The summed E-state index contributed by atoms with van der Waals surface area (Å²) in [6.45, 7) is 5.88. The molecule has 0 aromatic heterocycles. The Balaban J connectivity index is 1.79. The van der Waals surface area contributed by atoms with Crippen molar-refractivity contribution in [3.8, 4) is 5.75 Å². The molecule has 0 aliphatic carbocycles. The lowest BCUT2D eigenvalue weighted by Gasteiger charge is -2.07. The minimum absolute atomic E-state index is 0.543. The molecule has 0 aliphatic heterocycles. The topological polar surface area (TPSA) is 21.3 Å². The van der Waals surface area contributed by atoms with Crippen LogP contribution in [0.1, 0.15) is 11.1 Å². The van der Waals surface area contributed by atoms with Crippen LogP contribution in [0.5, 0.6) is 5.75 Å². The lowest BCUT2D eigenvalue weighted by molar-refractivity contribution is 0.363. The first-order valence-corrected chi connectivity index (χ1v) is 7.35. The Morgan fingerprint density at radius 2 is 1.50 bits per heavy atom. The number of benzene rings is 2. The van der Waals surface area contributed by atoms with E-state index in [1.54, 1.807) is 6.08 Å². The van der Waals surface area contributed by atoms with Gasteiger partial charge in [0.2, 0.25) is 0 Å². The molecule has 0 saturated carbocycles. The predicted octanol–water partition coefficient (Wildman–Crippen LogP) is 4.30. The number of rotatable bonds is 7. The molecule has 2 rings (SSSR count). The van der Waals surface area contributed by atoms with Gasteiger partial charge in [-0.1, -0.05) is 52.9 Å². The van der Waals surface area contributed by atoms with Gasteiger partial charge in [-0.2, -0.15) is 0 Å². The van der Waals surface area contributed by atoms with Gasteiger partial charge < -0.3 is 10.1 Å². The van der Waals surface area contributed by atoms with Gasteiger partial charge >= 0.3 is 0 Å². The molecule has 0 unspecified atom stereocenters. The van der Waals surface area contributed by atoms with E-state index >= 15 is 0 Å². The smallest absolute Gasteiger partial charge is 0.119 e. The van der Waals surface area contributed by atoms with Gasteiger partial charge in [-0.05, 0) is 35.4 Å². The number of halogens is 1. The van der Waals surface area contributed by atoms with Gasteiger partial charge in [0.15, 0.2) is 0 Å². The average molecular weight is 332 g/mol. The van der Waals surface area contributed by atoms with Crippen LogP contribution in [0, 0.1) is 0 Å². The van der Waals surface area contributed by atoms with Gasteiger partial charge in [-0.3, -0.25) is 0 Å². The molecule has 0 fully saturated rings. The van der Waals surface area contributed by atoms with Gasteiger partial charge in [-0.15, -0.1) is 0 Å². The van der Waals surface area contributed by atoms with Crippen molar-refractivity contribution in [3.05, 3.63) is 76.8 Å². The number of ether oxygens (including phenoxy) is 1. The molecular formula is C17H18BrNO. The molecule has 0 bridgehead atoms. The first kappa shape index (κ1) is 14.8. The molecule has 2 aromatic rings. The summed E-state index contributed by atoms with van der Waals surface area (Å²) in [5, 5.41) is 3.43. The second-order valence-corrected chi connectivity index (χ2v) is 5.39. The van der Waals surface area contributed by atoms with Gasteiger partial charge in [0, 0.05) is 17.6 Å². The summed E-state index contributed by atoms with van der Waals surface area (Å²) in [4.78, 5) is 0. The van der Waals surface area contributed by atoms with E-state index in [-0.39, 0.29) is 0 Å². The fourth-order valence-corrected chi connectivity index (χ4v) is 2.08. The second-order valence-electron chi connectivity index (χ2n) is 4.47. The van der Waals surface area contributed by atoms with E-state index < -0.39 is 0 Å². The Labute approximate surface area is 128 Å². The molecule has 1 N–H and O–H groups in total. The second kappa shape index (κ2) is 7.88. The quantitative estimate of drug-likeness (QED) is 0.763. The van der Waals surface area contributed by atoms with E-state index in [1.807, 2.05) is 12.1 Å². The largest absolute Gasteiger partial charge is 0.490 e. The third-order valence-electron chi connectivity index (χ3n) is 2.86. The van der Waals surface area contributed by atoms with E-state index in [2.05, 4.69) is 64.2 Å². The first-order chi connectivity index (χ1) is 9.78. The molecule has 0 atom stereocenters.